The fraction of sp³-hybridized carbons (Fsp3) is 0.923. The van der Waals surface area contributed by atoms with Gasteiger partial charge in [-0.25, -0.2) is 0 Å². The fourth-order valence-electron chi connectivity index (χ4n) is 3.25. The van der Waals surface area contributed by atoms with Crippen LogP contribution in [0.5, 0.6) is 0 Å². The molecule has 0 radical (unpaired) electrons. The monoisotopic (exact) mass is 314 g/mol. The molecule has 2 saturated carbocycles. The molecule has 1 amide bonds. The molecule has 2 bridgehead atoms. The molecule has 2 aliphatic rings. The predicted octanol–water partition coefficient (Wildman–Crippen LogP) is 2.49. The summed E-state index contributed by atoms with van der Waals surface area (Å²) in [6.07, 6.45) is -1.36. The molecule has 118 valence electrons. The first kappa shape index (κ1) is 17.6. The third-order valence-electron chi connectivity index (χ3n) is 4.76. The van der Waals surface area contributed by atoms with Gasteiger partial charge in [0.15, 0.2) is 0 Å². The number of nitrogens with one attached hydrogen (secondary N) is 1. The highest BCUT2D eigenvalue weighted by atomic mass is 35.5. The number of fused-ring (bicyclic) bond motifs is 2. The SMILES string of the molecule is CC(C)(CNC(=O)[C@H]1[C@@H]2CC[C@@H](C2)[C@H]1N)C(F)(F)F.Cl. The minimum Gasteiger partial charge on any atom is -0.355 e. The highest BCUT2D eigenvalue weighted by Gasteiger charge is 2.51. The summed E-state index contributed by atoms with van der Waals surface area (Å²) in [4.78, 5) is 12.1. The maximum Gasteiger partial charge on any atom is 0.395 e. The van der Waals surface area contributed by atoms with Gasteiger partial charge in [-0.05, 0) is 44.9 Å². The third kappa shape index (κ3) is 3.06. The standard InChI is InChI=1S/C13H21F3N2O.ClH/c1-12(2,13(14,15)16)6-18-11(19)9-7-3-4-8(5-7)10(9)17;/h7-10H,3-6,17H2,1-2H3,(H,18,19);1H/t7-,8+,9+,10-;/m1./s1. The number of halogens is 4. The topological polar surface area (TPSA) is 55.1 Å². The normalized spacial score (nSPS) is 32.9. The lowest BCUT2D eigenvalue weighted by atomic mass is 9.84. The van der Waals surface area contributed by atoms with E-state index in [0.29, 0.717) is 5.92 Å². The minimum atomic E-state index is -4.32. The van der Waals surface area contributed by atoms with Gasteiger partial charge in [0.25, 0.3) is 0 Å². The Morgan fingerprint density at radius 1 is 1.25 bits per heavy atom. The van der Waals surface area contributed by atoms with Crippen molar-refractivity contribution in [3.63, 3.8) is 0 Å². The molecule has 0 aromatic heterocycles. The Kier molecular flexibility index (Phi) is 5.02. The van der Waals surface area contributed by atoms with E-state index in [9.17, 15) is 18.0 Å². The van der Waals surface area contributed by atoms with Gasteiger partial charge in [-0.15, -0.1) is 12.4 Å². The number of carbonyl (C=O) groups is 1. The zero-order valence-corrected chi connectivity index (χ0v) is 12.5. The minimum absolute atomic E-state index is 0. The fourth-order valence-corrected chi connectivity index (χ4v) is 3.25. The van der Waals surface area contributed by atoms with E-state index in [1.54, 1.807) is 0 Å². The number of hydrogen-bond acceptors (Lipinski definition) is 2. The maximum atomic E-state index is 12.7. The average molecular weight is 315 g/mol. The summed E-state index contributed by atoms with van der Waals surface area (Å²) in [5.41, 5.74) is 4.09. The summed E-state index contributed by atoms with van der Waals surface area (Å²) in [7, 11) is 0. The third-order valence-corrected chi connectivity index (χ3v) is 4.76. The van der Waals surface area contributed by atoms with Gasteiger partial charge in [0, 0.05) is 12.6 Å². The van der Waals surface area contributed by atoms with Crippen LogP contribution >= 0.6 is 12.4 Å². The van der Waals surface area contributed by atoms with Crippen molar-refractivity contribution in [2.24, 2.45) is 28.9 Å². The van der Waals surface area contributed by atoms with E-state index < -0.39 is 18.1 Å². The van der Waals surface area contributed by atoms with E-state index in [4.69, 9.17) is 5.73 Å². The maximum absolute atomic E-state index is 12.7. The summed E-state index contributed by atoms with van der Waals surface area (Å²) < 4.78 is 38.1. The summed E-state index contributed by atoms with van der Waals surface area (Å²) >= 11 is 0. The van der Waals surface area contributed by atoms with Crippen LogP contribution < -0.4 is 11.1 Å². The van der Waals surface area contributed by atoms with Crippen molar-refractivity contribution in [3.05, 3.63) is 0 Å². The van der Waals surface area contributed by atoms with Gasteiger partial charge in [-0.2, -0.15) is 13.2 Å². The second-order valence-corrected chi connectivity index (χ2v) is 6.54. The van der Waals surface area contributed by atoms with Crippen LogP contribution in [0, 0.1) is 23.2 Å². The molecule has 0 saturated heterocycles. The molecule has 3 nitrogen and oxygen atoms in total. The molecule has 0 spiro atoms. The Labute approximate surface area is 123 Å². The van der Waals surface area contributed by atoms with Crippen molar-refractivity contribution < 1.29 is 18.0 Å². The predicted molar refractivity (Wildman–Crippen MR) is 72.4 cm³/mol. The zero-order chi connectivity index (χ0) is 14.4. The van der Waals surface area contributed by atoms with Crippen LogP contribution in [-0.4, -0.2) is 24.7 Å². The first-order valence-electron chi connectivity index (χ1n) is 6.73. The van der Waals surface area contributed by atoms with Gasteiger partial charge in [0.05, 0.1) is 11.3 Å². The number of amides is 1. The molecule has 2 fully saturated rings. The number of rotatable bonds is 3. The van der Waals surface area contributed by atoms with E-state index in [1.165, 1.54) is 0 Å². The second kappa shape index (κ2) is 5.72. The number of carbonyl (C=O) groups excluding carboxylic acids is 1. The summed E-state index contributed by atoms with van der Waals surface area (Å²) in [6.45, 7) is 1.79. The van der Waals surface area contributed by atoms with Crippen LogP contribution in [-0.2, 0) is 4.79 Å². The first-order valence-corrected chi connectivity index (χ1v) is 6.73. The lowest BCUT2D eigenvalue weighted by Gasteiger charge is -2.31. The van der Waals surface area contributed by atoms with E-state index in [2.05, 4.69) is 5.32 Å². The molecular formula is C13H22ClF3N2O. The second-order valence-electron chi connectivity index (χ2n) is 6.54. The molecule has 3 N–H and O–H groups in total. The van der Waals surface area contributed by atoms with Crippen LogP contribution in [0.1, 0.15) is 33.1 Å². The van der Waals surface area contributed by atoms with E-state index >= 15 is 0 Å². The molecule has 4 atom stereocenters. The van der Waals surface area contributed by atoms with Crippen LogP contribution in [0.25, 0.3) is 0 Å². The Balaban J connectivity index is 0.00000200. The zero-order valence-electron chi connectivity index (χ0n) is 11.7. The first-order chi connectivity index (χ1) is 8.63. The van der Waals surface area contributed by atoms with Gasteiger partial charge >= 0.3 is 6.18 Å². The lowest BCUT2D eigenvalue weighted by Crippen LogP contribution is -2.49. The van der Waals surface area contributed by atoms with Gasteiger partial charge in [-0.1, -0.05) is 0 Å². The van der Waals surface area contributed by atoms with Crippen LogP contribution in [0.3, 0.4) is 0 Å². The summed E-state index contributed by atoms with van der Waals surface area (Å²) in [5.74, 6) is 0.0187. The molecule has 0 aromatic carbocycles. The Morgan fingerprint density at radius 2 is 1.80 bits per heavy atom. The smallest absolute Gasteiger partial charge is 0.355 e. The van der Waals surface area contributed by atoms with E-state index in [0.717, 1.165) is 33.1 Å². The van der Waals surface area contributed by atoms with E-state index in [-0.39, 0.29) is 36.2 Å². The summed E-state index contributed by atoms with van der Waals surface area (Å²) in [6, 6.07) is -0.187. The molecule has 7 heteroatoms. The molecule has 0 unspecified atom stereocenters. The van der Waals surface area contributed by atoms with Gasteiger partial charge in [0.2, 0.25) is 5.91 Å². The van der Waals surface area contributed by atoms with Crippen molar-refractivity contribution in [1.29, 1.82) is 0 Å². The Bertz CT molecular complexity index is 371. The highest BCUT2D eigenvalue weighted by Crippen LogP contribution is 2.47. The van der Waals surface area contributed by atoms with Gasteiger partial charge < -0.3 is 11.1 Å². The summed E-state index contributed by atoms with van der Waals surface area (Å²) in [5, 5.41) is 2.45. The van der Waals surface area contributed by atoms with Crippen LogP contribution in [0.2, 0.25) is 0 Å². The molecular weight excluding hydrogens is 293 g/mol. The lowest BCUT2D eigenvalue weighted by molar-refractivity contribution is -0.209. The van der Waals surface area contributed by atoms with E-state index in [1.807, 2.05) is 0 Å². The van der Waals surface area contributed by atoms with Crippen molar-refractivity contribution in [1.82, 2.24) is 5.32 Å². The molecule has 20 heavy (non-hydrogen) atoms. The quantitative estimate of drug-likeness (QED) is 0.841. The van der Waals surface area contributed by atoms with Crippen molar-refractivity contribution in [2.45, 2.75) is 45.3 Å². The molecule has 0 heterocycles. The van der Waals surface area contributed by atoms with Crippen LogP contribution in [0.4, 0.5) is 13.2 Å². The molecule has 2 aliphatic carbocycles. The Hall–Kier alpha value is -0.490. The molecule has 0 aromatic rings. The van der Waals surface area contributed by atoms with Crippen molar-refractivity contribution in [2.75, 3.05) is 6.54 Å². The number of alkyl halides is 3. The highest BCUT2D eigenvalue weighted by molar-refractivity contribution is 5.85. The average Bonchev–Trinajstić information content (AvgIpc) is 2.84. The Morgan fingerprint density at radius 3 is 2.25 bits per heavy atom. The largest absolute Gasteiger partial charge is 0.395 e. The molecule has 2 rings (SSSR count). The van der Waals surface area contributed by atoms with Crippen molar-refractivity contribution >= 4 is 18.3 Å². The number of nitrogens with two attached hydrogens (primary N) is 1. The van der Waals surface area contributed by atoms with Gasteiger partial charge in [-0.3, -0.25) is 4.79 Å². The van der Waals surface area contributed by atoms with Gasteiger partial charge in [0.1, 0.15) is 0 Å². The van der Waals surface area contributed by atoms with Crippen LogP contribution in [0.15, 0.2) is 0 Å². The number of hydrogen-bond donors (Lipinski definition) is 2. The van der Waals surface area contributed by atoms with Crippen molar-refractivity contribution in [3.8, 4) is 0 Å². The molecule has 0 aliphatic heterocycles.